The van der Waals surface area contributed by atoms with Gasteiger partial charge in [-0.3, -0.25) is 4.98 Å². The first-order valence-corrected chi connectivity index (χ1v) is 4.28. The van der Waals surface area contributed by atoms with E-state index in [1.54, 1.807) is 0 Å². The quantitative estimate of drug-likeness (QED) is 0.656. The molecule has 0 amide bonds. The van der Waals surface area contributed by atoms with Gasteiger partial charge < -0.3 is 4.90 Å². The van der Waals surface area contributed by atoms with Gasteiger partial charge in [-0.25, -0.2) is 0 Å². The van der Waals surface area contributed by atoms with Crippen molar-refractivity contribution < 1.29 is 0 Å². The maximum Gasteiger partial charge on any atom is 0.0367 e. The molecule has 0 bridgehead atoms. The van der Waals surface area contributed by atoms with Gasteiger partial charge in [0.15, 0.2) is 0 Å². The maximum atomic E-state index is 4.09. The van der Waals surface area contributed by atoms with Crippen LogP contribution in [0.15, 0.2) is 36.7 Å². The van der Waals surface area contributed by atoms with E-state index in [1.165, 1.54) is 16.5 Å². The zero-order valence-electron chi connectivity index (χ0n) is 7.86. The molecule has 0 aliphatic carbocycles. The van der Waals surface area contributed by atoms with Gasteiger partial charge in [-0.1, -0.05) is 6.07 Å². The topological polar surface area (TPSA) is 16.1 Å². The molecular formula is C11H12N2. The molecule has 1 aromatic carbocycles. The first-order chi connectivity index (χ1) is 6.27. The first-order valence-electron chi connectivity index (χ1n) is 4.28. The summed E-state index contributed by atoms with van der Waals surface area (Å²) in [5, 5.41) is 2.43. The molecule has 2 nitrogen and oxygen atoms in total. The molecule has 0 atom stereocenters. The maximum absolute atomic E-state index is 4.09. The van der Waals surface area contributed by atoms with Crippen LogP contribution >= 0.6 is 0 Å². The molecule has 0 aliphatic heterocycles. The minimum Gasteiger partial charge on any atom is -0.378 e. The van der Waals surface area contributed by atoms with Crippen molar-refractivity contribution in [1.82, 2.24) is 4.98 Å². The molecule has 1 heterocycles. The molecule has 66 valence electrons. The van der Waals surface area contributed by atoms with Gasteiger partial charge in [0.05, 0.1) is 0 Å². The summed E-state index contributed by atoms with van der Waals surface area (Å²) >= 11 is 0. The van der Waals surface area contributed by atoms with Crippen LogP contribution in [0, 0.1) is 0 Å². The third-order valence-electron chi connectivity index (χ3n) is 2.14. The molecule has 0 N–H and O–H groups in total. The summed E-state index contributed by atoms with van der Waals surface area (Å²) in [5.74, 6) is 0. The predicted octanol–water partition coefficient (Wildman–Crippen LogP) is 2.30. The zero-order chi connectivity index (χ0) is 9.26. The van der Waals surface area contributed by atoms with Gasteiger partial charge in [-0.2, -0.15) is 0 Å². The normalized spacial score (nSPS) is 10.3. The summed E-state index contributed by atoms with van der Waals surface area (Å²) in [5.41, 5.74) is 1.21. The van der Waals surface area contributed by atoms with Gasteiger partial charge in [0.25, 0.3) is 0 Å². The molecule has 0 aliphatic rings. The van der Waals surface area contributed by atoms with Gasteiger partial charge in [-0.15, -0.1) is 0 Å². The van der Waals surface area contributed by atoms with Crippen LogP contribution in [0.4, 0.5) is 5.69 Å². The van der Waals surface area contributed by atoms with Gasteiger partial charge >= 0.3 is 0 Å². The average Bonchev–Trinajstić information content (AvgIpc) is 2.17. The number of hydrogen-bond donors (Lipinski definition) is 0. The Kier molecular flexibility index (Phi) is 1.89. The highest BCUT2D eigenvalue weighted by atomic mass is 15.1. The second-order valence-corrected chi connectivity index (χ2v) is 3.30. The fourth-order valence-electron chi connectivity index (χ4n) is 1.35. The number of fused-ring (bicyclic) bond motifs is 1. The van der Waals surface area contributed by atoms with Crippen LogP contribution in [-0.2, 0) is 0 Å². The summed E-state index contributed by atoms with van der Waals surface area (Å²) in [7, 11) is 4.08. The summed E-state index contributed by atoms with van der Waals surface area (Å²) < 4.78 is 0. The fourth-order valence-corrected chi connectivity index (χ4v) is 1.35. The lowest BCUT2D eigenvalue weighted by atomic mass is 10.1. The second kappa shape index (κ2) is 3.05. The van der Waals surface area contributed by atoms with Gasteiger partial charge in [0.2, 0.25) is 0 Å². The van der Waals surface area contributed by atoms with Crippen molar-refractivity contribution in [3.05, 3.63) is 36.7 Å². The third-order valence-corrected chi connectivity index (χ3v) is 2.14. The van der Waals surface area contributed by atoms with Crippen LogP contribution in [0.1, 0.15) is 0 Å². The van der Waals surface area contributed by atoms with E-state index in [4.69, 9.17) is 0 Å². The minimum absolute atomic E-state index is 1.19. The predicted molar refractivity (Wildman–Crippen MR) is 56.1 cm³/mol. The number of anilines is 1. The molecule has 0 fully saturated rings. The van der Waals surface area contributed by atoms with E-state index in [1.807, 2.05) is 32.6 Å². The van der Waals surface area contributed by atoms with Gasteiger partial charge in [0, 0.05) is 37.6 Å². The number of aromatic nitrogens is 1. The van der Waals surface area contributed by atoms with E-state index < -0.39 is 0 Å². The SMILES string of the molecule is CN(C)c1ccc2ccncc2c1. The standard InChI is InChI=1S/C11H12N2/c1-13(2)11-4-3-9-5-6-12-8-10(9)7-11/h3-8H,1-2H3. The van der Waals surface area contributed by atoms with Crippen LogP contribution in [0.3, 0.4) is 0 Å². The Hall–Kier alpha value is -1.57. The highest BCUT2D eigenvalue weighted by Crippen LogP contribution is 2.19. The third kappa shape index (κ3) is 1.47. The van der Waals surface area contributed by atoms with Crippen molar-refractivity contribution in [2.24, 2.45) is 0 Å². The van der Waals surface area contributed by atoms with E-state index in [2.05, 4.69) is 28.1 Å². The monoisotopic (exact) mass is 172 g/mol. The number of hydrogen-bond acceptors (Lipinski definition) is 2. The fraction of sp³-hybridized carbons (Fsp3) is 0.182. The van der Waals surface area contributed by atoms with Crippen molar-refractivity contribution in [3.63, 3.8) is 0 Å². The van der Waals surface area contributed by atoms with Crippen LogP contribution < -0.4 is 4.90 Å². The second-order valence-electron chi connectivity index (χ2n) is 3.30. The van der Waals surface area contributed by atoms with Crippen molar-refractivity contribution in [2.45, 2.75) is 0 Å². The smallest absolute Gasteiger partial charge is 0.0367 e. The molecule has 0 spiro atoms. The largest absolute Gasteiger partial charge is 0.378 e. The van der Waals surface area contributed by atoms with Crippen LogP contribution in [0.25, 0.3) is 10.8 Å². The summed E-state index contributed by atoms with van der Waals surface area (Å²) in [4.78, 5) is 6.18. The molecule has 1 aromatic heterocycles. The summed E-state index contributed by atoms with van der Waals surface area (Å²) in [6.07, 6.45) is 3.71. The Balaban J connectivity index is 2.62. The molecule has 0 saturated carbocycles. The van der Waals surface area contributed by atoms with Crippen LogP contribution in [0.5, 0.6) is 0 Å². The Morgan fingerprint density at radius 2 is 1.92 bits per heavy atom. The highest BCUT2D eigenvalue weighted by molar-refractivity contribution is 5.84. The molecule has 0 unspecified atom stereocenters. The molecule has 13 heavy (non-hydrogen) atoms. The lowest BCUT2D eigenvalue weighted by molar-refractivity contribution is 1.13. The number of nitrogens with zero attached hydrogens (tertiary/aromatic N) is 2. The van der Waals surface area contributed by atoms with Crippen molar-refractivity contribution >= 4 is 16.5 Å². The van der Waals surface area contributed by atoms with Gasteiger partial charge in [-0.05, 0) is 23.6 Å². The van der Waals surface area contributed by atoms with Crippen LogP contribution in [0.2, 0.25) is 0 Å². The van der Waals surface area contributed by atoms with Crippen molar-refractivity contribution in [2.75, 3.05) is 19.0 Å². The van der Waals surface area contributed by atoms with Crippen LogP contribution in [-0.4, -0.2) is 19.1 Å². The molecular weight excluding hydrogens is 160 g/mol. The Morgan fingerprint density at radius 3 is 2.69 bits per heavy atom. The molecule has 2 heteroatoms. The van der Waals surface area contributed by atoms with E-state index >= 15 is 0 Å². The number of pyridine rings is 1. The first kappa shape index (κ1) is 8.05. The lowest BCUT2D eigenvalue weighted by Gasteiger charge is -2.12. The minimum atomic E-state index is 1.19. The Labute approximate surface area is 77.8 Å². The number of rotatable bonds is 1. The van der Waals surface area contributed by atoms with Gasteiger partial charge in [0.1, 0.15) is 0 Å². The number of benzene rings is 1. The summed E-state index contributed by atoms with van der Waals surface area (Å²) in [6, 6.07) is 8.39. The lowest BCUT2D eigenvalue weighted by Crippen LogP contribution is -2.07. The highest BCUT2D eigenvalue weighted by Gasteiger charge is 1.96. The average molecular weight is 172 g/mol. The summed E-state index contributed by atoms with van der Waals surface area (Å²) in [6.45, 7) is 0. The van der Waals surface area contributed by atoms with Crippen molar-refractivity contribution in [3.8, 4) is 0 Å². The molecule has 2 aromatic rings. The molecule has 2 rings (SSSR count). The molecule has 0 radical (unpaired) electrons. The van der Waals surface area contributed by atoms with E-state index in [0.29, 0.717) is 0 Å². The van der Waals surface area contributed by atoms with E-state index in [-0.39, 0.29) is 0 Å². The zero-order valence-corrected chi connectivity index (χ0v) is 7.86. The van der Waals surface area contributed by atoms with E-state index in [9.17, 15) is 0 Å². The molecule has 0 saturated heterocycles. The van der Waals surface area contributed by atoms with Crippen molar-refractivity contribution in [1.29, 1.82) is 0 Å². The van der Waals surface area contributed by atoms with E-state index in [0.717, 1.165) is 0 Å². The Morgan fingerprint density at radius 1 is 1.08 bits per heavy atom. The Bertz CT molecular complexity index is 421.